The number of benzene rings is 7. The van der Waals surface area contributed by atoms with Crippen LogP contribution in [0.25, 0.3) is 88.8 Å². The van der Waals surface area contributed by atoms with E-state index in [1.807, 2.05) is 24.3 Å². The fraction of sp³-hybridized carbons (Fsp3) is 0. The third kappa shape index (κ3) is 4.43. The highest BCUT2D eigenvalue weighted by Crippen LogP contribution is 2.38. The SMILES string of the molecule is c1cc(-c2nc(-c3ccc4ccccc4c3)nc(-c3ccc4ccccc4c3)n2)cc(-c2cccc3oc4ccccc4c23)c1. The molecule has 0 saturated carbocycles. The van der Waals surface area contributed by atoms with Crippen LogP contribution in [0.4, 0.5) is 0 Å². The molecule has 0 N–H and O–H groups in total. The maximum atomic E-state index is 6.19. The van der Waals surface area contributed by atoms with Crippen molar-refractivity contribution in [3.05, 3.63) is 152 Å². The van der Waals surface area contributed by atoms with E-state index >= 15 is 0 Å². The van der Waals surface area contributed by atoms with E-state index in [0.717, 1.165) is 60.5 Å². The molecule has 45 heavy (non-hydrogen) atoms. The van der Waals surface area contributed by atoms with Gasteiger partial charge in [0.05, 0.1) is 0 Å². The lowest BCUT2D eigenvalue weighted by Crippen LogP contribution is -2.00. The molecule has 0 atom stereocenters. The van der Waals surface area contributed by atoms with Crippen molar-refractivity contribution in [2.75, 3.05) is 0 Å². The van der Waals surface area contributed by atoms with Crippen LogP contribution in [0.15, 0.2) is 156 Å². The van der Waals surface area contributed by atoms with Gasteiger partial charge in [0.2, 0.25) is 0 Å². The van der Waals surface area contributed by atoms with Crippen LogP contribution in [0.5, 0.6) is 0 Å². The second-order valence-electron chi connectivity index (χ2n) is 11.3. The fourth-order valence-corrected chi connectivity index (χ4v) is 6.26. The van der Waals surface area contributed by atoms with Gasteiger partial charge in [-0.15, -0.1) is 0 Å². The quantitative estimate of drug-likeness (QED) is 0.209. The largest absolute Gasteiger partial charge is 0.456 e. The van der Waals surface area contributed by atoms with E-state index in [2.05, 4.69) is 127 Å². The van der Waals surface area contributed by atoms with Crippen molar-refractivity contribution >= 4 is 43.5 Å². The van der Waals surface area contributed by atoms with Crippen molar-refractivity contribution < 1.29 is 4.42 Å². The van der Waals surface area contributed by atoms with Gasteiger partial charge in [0.1, 0.15) is 11.2 Å². The Balaban J connectivity index is 1.24. The van der Waals surface area contributed by atoms with Crippen molar-refractivity contribution in [2.24, 2.45) is 0 Å². The number of hydrogen-bond donors (Lipinski definition) is 0. The van der Waals surface area contributed by atoms with Crippen LogP contribution in [0, 0.1) is 0 Å². The highest BCUT2D eigenvalue weighted by molar-refractivity contribution is 6.12. The van der Waals surface area contributed by atoms with Gasteiger partial charge < -0.3 is 4.42 Å². The second-order valence-corrected chi connectivity index (χ2v) is 11.3. The van der Waals surface area contributed by atoms with Gasteiger partial charge >= 0.3 is 0 Å². The highest BCUT2D eigenvalue weighted by Gasteiger charge is 2.16. The summed E-state index contributed by atoms with van der Waals surface area (Å²) in [5.74, 6) is 1.91. The topological polar surface area (TPSA) is 51.8 Å². The zero-order valence-corrected chi connectivity index (χ0v) is 24.2. The smallest absolute Gasteiger partial charge is 0.164 e. The molecule has 9 aromatic rings. The molecule has 4 heteroatoms. The van der Waals surface area contributed by atoms with E-state index in [9.17, 15) is 0 Å². The molecular weight excluding hydrogens is 550 g/mol. The van der Waals surface area contributed by atoms with Crippen molar-refractivity contribution in [1.82, 2.24) is 15.0 Å². The minimum atomic E-state index is 0.627. The number of aromatic nitrogens is 3. The van der Waals surface area contributed by atoms with Crippen LogP contribution < -0.4 is 0 Å². The Bertz CT molecular complexity index is 2470. The molecule has 0 aliphatic rings. The Morgan fingerprint density at radius 2 is 0.867 bits per heavy atom. The van der Waals surface area contributed by atoms with Crippen molar-refractivity contribution in [1.29, 1.82) is 0 Å². The number of para-hydroxylation sites is 1. The molecule has 2 aromatic heterocycles. The molecular formula is C41H25N3O. The van der Waals surface area contributed by atoms with Gasteiger partial charge in [0.15, 0.2) is 17.5 Å². The average Bonchev–Trinajstić information content (AvgIpc) is 3.50. The zero-order valence-electron chi connectivity index (χ0n) is 24.2. The standard InChI is InChI=1S/C41H25N3O/c1-3-11-28-23-32(21-19-26(28)9-1)40-42-39(43-41(44-40)33-22-20-27-10-2-4-12-29(27)24-33)31-14-7-13-30(25-31)34-16-8-18-37-38(34)35-15-5-6-17-36(35)45-37/h1-25H. The van der Waals surface area contributed by atoms with E-state index in [0.29, 0.717) is 17.5 Å². The van der Waals surface area contributed by atoms with Crippen LogP contribution in [0.3, 0.4) is 0 Å². The predicted molar refractivity (Wildman–Crippen MR) is 184 cm³/mol. The molecule has 0 aliphatic heterocycles. The summed E-state index contributed by atoms with van der Waals surface area (Å²) in [7, 11) is 0. The third-order valence-corrected chi connectivity index (χ3v) is 8.49. The minimum Gasteiger partial charge on any atom is -0.456 e. The molecule has 0 amide bonds. The van der Waals surface area contributed by atoms with Gasteiger partial charge in [-0.25, -0.2) is 15.0 Å². The molecule has 0 bridgehead atoms. The lowest BCUT2D eigenvalue weighted by molar-refractivity contribution is 0.669. The first-order valence-electron chi connectivity index (χ1n) is 15.0. The van der Waals surface area contributed by atoms with E-state index in [1.165, 1.54) is 10.8 Å². The van der Waals surface area contributed by atoms with Gasteiger partial charge in [0, 0.05) is 27.5 Å². The molecule has 0 fully saturated rings. The first-order chi connectivity index (χ1) is 22.3. The minimum absolute atomic E-state index is 0.627. The lowest BCUT2D eigenvalue weighted by Gasteiger charge is -2.11. The average molecular weight is 576 g/mol. The Morgan fingerprint density at radius 3 is 1.53 bits per heavy atom. The van der Waals surface area contributed by atoms with Gasteiger partial charge in [-0.2, -0.15) is 0 Å². The summed E-state index contributed by atoms with van der Waals surface area (Å²) >= 11 is 0. The fourth-order valence-electron chi connectivity index (χ4n) is 6.26. The molecule has 0 saturated heterocycles. The van der Waals surface area contributed by atoms with Gasteiger partial charge in [-0.3, -0.25) is 0 Å². The van der Waals surface area contributed by atoms with Gasteiger partial charge in [-0.1, -0.05) is 121 Å². The van der Waals surface area contributed by atoms with E-state index < -0.39 is 0 Å². The number of furan rings is 1. The third-order valence-electron chi connectivity index (χ3n) is 8.49. The molecule has 0 unspecified atom stereocenters. The zero-order chi connectivity index (χ0) is 29.7. The lowest BCUT2D eigenvalue weighted by atomic mass is 9.98. The van der Waals surface area contributed by atoms with Gasteiger partial charge in [0.25, 0.3) is 0 Å². The number of hydrogen-bond acceptors (Lipinski definition) is 4. The molecule has 9 rings (SSSR count). The van der Waals surface area contributed by atoms with E-state index in [4.69, 9.17) is 19.4 Å². The molecule has 210 valence electrons. The van der Waals surface area contributed by atoms with Crippen LogP contribution in [0.2, 0.25) is 0 Å². The molecule has 4 nitrogen and oxygen atoms in total. The molecule has 0 aliphatic carbocycles. The van der Waals surface area contributed by atoms with Crippen molar-refractivity contribution in [2.45, 2.75) is 0 Å². The first-order valence-corrected chi connectivity index (χ1v) is 15.0. The highest BCUT2D eigenvalue weighted by atomic mass is 16.3. The van der Waals surface area contributed by atoms with Crippen molar-refractivity contribution in [3.8, 4) is 45.3 Å². The van der Waals surface area contributed by atoms with Crippen LogP contribution in [-0.4, -0.2) is 15.0 Å². The maximum absolute atomic E-state index is 6.19. The molecule has 2 heterocycles. The summed E-state index contributed by atoms with van der Waals surface area (Å²) in [4.78, 5) is 15.2. The Labute approximate surface area is 259 Å². The first kappa shape index (κ1) is 25.4. The Hall–Kier alpha value is -6.13. The van der Waals surface area contributed by atoms with Crippen molar-refractivity contribution in [3.63, 3.8) is 0 Å². The summed E-state index contributed by atoms with van der Waals surface area (Å²) in [6.07, 6.45) is 0. The summed E-state index contributed by atoms with van der Waals surface area (Å²) in [5.41, 5.74) is 6.76. The molecule has 0 radical (unpaired) electrons. The second kappa shape index (κ2) is 10.2. The summed E-state index contributed by atoms with van der Waals surface area (Å²) < 4.78 is 6.19. The monoisotopic (exact) mass is 575 g/mol. The van der Waals surface area contributed by atoms with Crippen LogP contribution in [-0.2, 0) is 0 Å². The maximum Gasteiger partial charge on any atom is 0.164 e. The van der Waals surface area contributed by atoms with Gasteiger partial charge in [-0.05, 0) is 63.0 Å². The number of fused-ring (bicyclic) bond motifs is 5. The van der Waals surface area contributed by atoms with Crippen LogP contribution in [0.1, 0.15) is 0 Å². The van der Waals surface area contributed by atoms with Crippen LogP contribution >= 0.6 is 0 Å². The summed E-state index contributed by atoms with van der Waals surface area (Å²) in [6.45, 7) is 0. The molecule has 0 spiro atoms. The predicted octanol–water partition coefficient (Wildman–Crippen LogP) is 10.7. The molecule has 7 aromatic carbocycles. The summed E-state index contributed by atoms with van der Waals surface area (Å²) in [5, 5.41) is 6.86. The summed E-state index contributed by atoms with van der Waals surface area (Å²) in [6, 6.07) is 52.3. The van der Waals surface area contributed by atoms with E-state index in [-0.39, 0.29) is 0 Å². The number of nitrogens with zero attached hydrogens (tertiary/aromatic N) is 3. The number of rotatable bonds is 4. The Kier molecular flexibility index (Phi) is 5.78. The normalized spacial score (nSPS) is 11.6. The van der Waals surface area contributed by atoms with E-state index in [1.54, 1.807) is 0 Å². The Morgan fingerprint density at radius 1 is 0.356 bits per heavy atom.